The van der Waals surface area contributed by atoms with Gasteiger partial charge in [0.15, 0.2) is 0 Å². The van der Waals surface area contributed by atoms with Gasteiger partial charge >= 0.3 is 0 Å². The van der Waals surface area contributed by atoms with Crippen molar-refractivity contribution >= 4 is 5.91 Å². The minimum Gasteiger partial charge on any atom is -0.376 e. The second kappa shape index (κ2) is 5.72. The van der Waals surface area contributed by atoms with E-state index in [0.717, 1.165) is 31.6 Å². The van der Waals surface area contributed by atoms with Crippen LogP contribution in [0.5, 0.6) is 0 Å². The lowest BCUT2D eigenvalue weighted by Crippen LogP contribution is -2.37. The second-order valence-corrected chi connectivity index (χ2v) is 5.26. The average Bonchev–Trinajstić information content (AvgIpc) is 2.82. The van der Waals surface area contributed by atoms with Crippen molar-refractivity contribution in [1.82, 2.24) is 10.2 Å². The quantitative estimate of drug-likeness (QED) is 0.899. The largest absolute Gasteiger partial charge is 0.376 e. The van der Waals surface area contributed by atoms with Gasteiger partial charge in [-0.2, -0.15) is 0 Å². The van der Waals surface area contributed by atoms with Gasteiger partial charge in [-0.25, -0.2) is 0 Å². The Morgan fingerprint density at radius 2 is 2.11 bits per heavy atom. The van der Waals surface area contributed by atoms with E-state index in [4.69, 9.17) is 4.74 Å². The lowest BCUT2D eigenvalue weighted by Gasteiger charge is -2.26. The van der Waals surface area contributed by atoms with Crippen LogP contribution < -0.4 is 5.32 Å². The Hall–Kier alpha value is -1.39. The van der Waals surface area contributed by atoms with E-state index in [9.17, 15) is 4.79 Å². The molecule has 1 amide bonds. The van der Waals surface area contributed by atoms with E-state index in [-0.39, 0.29) is 18.1 Å². The topological polar surface area (TPSA) is 41.6 Å². The van der Waals surface area contributed by atoms with Gasteiger partial charge in [0.25, 0.3) is 0 Å². The third-order valence-corrected chi connectivity index (χ3v) is 3.88. The first kappa shape index (κ1) is 12.6. The highest BCUT2D eigenvalue weighted by molar-refractivity contribution is 5.85. The molecule has 0 saturated carbocycles. The molecule has 0 aromatic heterocycles. The molecule has 2 aliphatic heterocycles. The maximum absolute atomic E-state index is 12.4. The molecule has 3 rings (SSSR count). The second-order valence-electron chi connectivity index (χ2n) is 5.26. The molecule has 0 spiro atoms. The van der Waals surface area contributed by atoms with E-state index in [2.05, 4.69) is 5.32 Å². The molecule has 2 atom stereocenters. The van der Waals surface area contributed by atoms with Crippen molar-refractivity contribution in [3.05, 3.63) is 35.9 Å². The van der Waals surface area contributed by atoms with Crippen LogP contribution in [-0.4, -0.2) is 36.7 Å². The van der Waals surface area contributed by atoms with Crippen molar-refractivity contribution in [3.8, 4) is 0 Å². The smallest absolute Gasteiger partial charge is 0.245 e. The van der Waals surface area contributed by atoms with Crippen molar-refractivity contribution < 1.29 is 9.53 Å². The molecule has 1 aromatic rings. The van der Waals surface area contributed by atoms with Gasteiger partial charge in [-0.05, 0) is 24.8 Å². The summed E-state index contributed by atoms with van der Waals surface area (Å²) in [5, 5.41) is 3.28. The highest BCUT2D eigenvalue weighted by atomic mass is 16.5. The molecule has 1 N–H and O–H groups in total. The predicted octanol–water partition coefficient (Wildman–Crippen LogP) is 1.69. The molecule has 0 bridgehead atoms. The highest BCUT2D eigenvalue weighted by Gasteiger charge is 2.33. The lowest BCUT2D eigenvalue weighted by molar-refractivity contribution is -0.131. The molecular weight excluding hydrogens is 240 g/mol. The molecule has 2 heterocycles. The number of carbonyl (C=O) groups excluding carboxylic acids is 1. The van der Waals surface area contributed by atoms with E-state index >= 15 is 0 Å². The Labute approximate surface area is 113 Å². The SMILES string of the molecule is O=C1C(c2ccccc2)NCN1CC1CCCCO1. The normalized spacial score (nSPS) is 27.8. The molecule has 0 aliphatic carbocycles. The minimum atomic E-state index is -0.190. The Kier molecular flexibility index (Phi) is 3.80. The lowest BCUT2D eigenvalue weighted by atomic mass is 10.1. The number of nitrogens with one attached hydrogen (secondary N) is 1. The summed E-state index contributed by atoms with van der Waals surface area (Å²) < 4.78 is 5.71. The summed E-state index contributed by atoms with van der Waals surface area (Å²) in [6, 6.07) is 9.71. The van der Waals surface area contributed by atoms with Crippen molar-refractivity contribution in [2.24, 2.45) is 0 Å². The number of carbonyl (C=O) groups is 1. The van der Waals surface area contributed by atoms with E-state index < -0.39 is 0 Å². The summed E-state index contributed by atoms with van der Waals surface area (Å²) >= 11 is 0. The van der Waals surface area contributed by atoms with Crippen LogP contribution in [0, 0.1) is 0 Å². The maximum atomic E-state index is 12.4. The zero-order valence-electron chi connectivity index (χ0n) is 11.0. The van der Waals surface area contributed by atoms with Gasteiger partial charge in [-0.15, -0.1) is 0 Å². The third kappa shape index (κ3) is 2.80. The first-order chi connectivity index (χ1) is 9.34. The molecule has 4 heteroatoms. The van der Waals surface area contributed by atoms with Gasteiger partial charge in [-0.1, -0.05) is 30.3 Å². The molecule has 1 aromatic carbocycles. The fourth-order valence-corrected chi connectivity index (χ4v) is 2.81. The monoisotopic (exact) mass is 260 g/mol. The molecule has 102 valence electrons. The molecule has 2 saturated heterocycles. The van der Waals surface area contributed by atoms with Crippen LogP contribution in [0.3, 0.4) is 0 Å². The molecular formula is C15H20N2O2. The number of benzene rings is 1. The first-order valence-corrected chi connectivity index (χ1v) is 7.03. The van der Waals surface area contributed by atoms with Crippen LogP contribution >= 0.6 is 0 Å². The average molecular weight is 260 g/mol. The summed E-state index contributed by atoms with van der Waals surface area (Å²) in [5.74, 6) is 0.167. The van der Waals surface area contributed by atoms with Crippen LogP contribution in [0.15, 0.2) is 30.3 Å². The molecule has 4 nitrogen and oxygen atoms in total. The first-order valence-electron chi connectivity index (χ1n) is 7.03. The van der Waals surface area contributed by atoms with E-state index in [0.29, 0.717) is 6.67 Å². The van der Waals surface area contributed by atoms with Gasteiger partial charge in [0.2, 0.25) is 5.91 Å². The van der Waals surface area contributed by atoms with Crippen molar-refractivity contribution in [2.75, 3.05) is 19.8 Å². The minimum absolute atomic E-state index is 0.167. The van der Waals surface area contributed by atoms with Crippen LogP contribution in [-0.2, 0) is 9.53 Å². The number of ether oxygens (including phenoxy) is 1. The summed E-state index contributed by atoms with van der Waals surface area (Å²) in [7, 11) is 0. The van der Waals surface area contributed by atoms with Gasteiger partial charge in [0.1, 0.15) is 6.04 Å². The van der Waals surface area contributed by atoms with E-state index in [1.807, 2.05) is 35.2 Å². The summed E-state index contributed by atoms with van der Waals surface area (Å²) in [6.45, 7) is 2.18. The van der Waals surface area contributed by atoms with Crippen LogP contribution in [0.25, 0.3) is 0 Å². The molecule has 2 unspecified atom stereocenters. The van der Waals surface area contributed by atoms with Crippen molar-refractivity contribution in [3.63, 3.8) is 0 Å². The fraction of sp³-hybridized carbons (Fsp3) is 0.533. The van der Waals surface area contributed by atoms with Gasteiger partial charge in [0, 0.05) is 13.2 Å². The fourth-order valence-electron chi connectivity index (χ4n) is 2.81. The summed E-state index contributed by atoms with van der Waals surface area (Å²) in [6.07, 6.45) is 3.64. The predicted molar refractivity (Wildman–Crippen MR) is 72.5 cm³/mol. The van der Waals surface area contributed by atoms with Gasteiger partial charge < -0.3 is 9.64 Å². The molecule has 0 radical (unpaired) electrons. The van der Waals surface area contributed by atoms with Gasteiger partial charge in [-0.3, -0.25) is 10.1 Å². The maximum Gasteiger partial charge on any atom is 0.245 e. The van der Waals surface area contributed by atoms with Crippen LogP contribution in [0.1, 0.15) is 30.9 Å². The number of hydrogen-bond donors (Lipinski definition) is 1. The van der Waals surface area contributed by atoms with E-state index in [1.165, 1.54) is 6.42 Å². The van der Waals surface area contributed by atoms with Crippen LogP contribution in [0.4, 0.5) is 0 Å². The number of rotatable bonds is 3. The Bertz CT molecular complexity index is 429. The number of nitrogens with zero attached hydrogens (tertiary/aromatic N) is 1. The number of amides is 1. The summed E-state index contributed by atoms with van der Waals surface area (Å²) in [4.78, 5) is 14.3. The number of hydrogen-bond acceptors (Lipinski definition) is 3. The van der Waals surface area contributed by atoms with Crippen molar-refractivity contribution in [1.29, 1.82) is 0 Å². The van der Waals surface area contributed by atoms with Gasteiger partial charge in [0.05, 0.1) is 12.8 Å². The Balaban J connectivity index is 1.62. The standard InChI is InChI=1S/C15H20N2O2/c18-15-14(12-6-2-1-3-7-12)16-11-17(15)10-13-8-4-5-9-19-13/h1-3,6-7,13-14,16H,4-5,8-11H2. The molecule has 2 fully saturated rings. The zero-order chi connectivity index (χ0) is 13.1. The third-order valence-electron chi connectivity index (χ3n) is 3.88. The van der Waals surface area contributed by atoms with Crippen LogP contribution in [0.2, 0.25) is 0 Å². The summed E-state index contributed by atoms with van der Waals surface area (Å²) in [5.41, 5.74) is 1.04. The Morgan fingerprint density at radius 1 is 1.26 bits per heavy atom. The zero-order valence-corrected chi connectivity index (χ0v) is 11.0. The molecule has 2 aliphatic rings. The Morgan fingerprint density at radius 3 is 2.84 bits per heavy atom. The molecule has 19 heavy (non-hydrogen) atoms. The van der Waals surface area contributed by atoms with E-state index in [1.54, 1.807) is 0 Å². The highest BCUT2D eigenvalue weighted by Crippen LogP contribution is 2.22. The van der Waals surface area contributed by atoms with Crippen molar-refractivity contribution in [2.45, 2.75) is 31.4 Å².